The quantitative estimate of drug-likeness (QED) is 0.300. The van der Waals surface area contributed by atoms with Crippen LogP contribution in [0.25, 0.3) is 0 Å². The maximum absolute atomic E-state index is 5.11. The highest BCUT2D eigenvalue weighted by Crippen LogP contribution is 2.26. The van der Waals surface area contributed by atoms with Gasteiger partial charge >= 0.3 is 0 Å². The fraction of sp³-hybridized carbons (Fsp3) is 0.933. The first kappa shape index (κ1) is 20.0. The van der Waals surface area contributed by atoms with Crippen LogP contribution in [0, 0.1) is 5.92 Å². The van der Waals surface area contributed by atoms with Crippen LogP contribution in [0.2, 0.25) is 0 Å². The summed E-state index contributed by atoms with van der Waals surface area (Å²) in [6.07, 6.45) is 9.81. The van der Waals surface area contributed by atoms with Crippen LogP contribution in [-0.4, -0.2) is 39.3 Å². The third-order valence-corrected chi connectivity index (χ3v) is 3.83. The van der Waals surface area contributed by atoms with E-state index in [0.29, 0.717) is 6.61 Å². The molecular weight excluding hydrogens is 365 g/mol. The van der Waals surface area contributed by atoms with E-state index in [-0.39, 0.29) is 30.0 Å². The number of nitrogens with zero attached hydrogens (tertiary/aromatic N) is 1. The third kappa shape index (κ3) is 9.00. The Morgan fingerprint density at radius 2 is 2.00 bits per heavy atom. The van der Waals surface area contributed by atoms with Crippen molar-refractivity contribution < 1.29 is 4.74 Å². The van der Waals surface area contributed by atoms with Crippen molar-refractivity contribution in [3.63, 3.8) is 0 Å². The summed E-state index contributed by atoms with van der Waals surface area (Å²) in [7, 11) is 3.54. The summed E-state index contributed by atoms with van der Waals surface area (Å²) in [6.45, 7) is 3.80. The second kappa shape index (κ2) is 12.7. The van der Waals surface area contributed by atoms with Gasteiger partial charge in [0.15, 0.2) is 5.96 Å². The lowest BCUT2D eigenvalue weighted by Crippen LogP contribution is -2.44. The van der Waals surface area contributed by atoms with E-state index in [2.05, 4.69) is 22.5 Å². The highest BCUT2D eigenvalue weighted by molar-refractivity contribution is 14.0. The van der Waals surface area contributed by atoms with Crippen molar-refractivity contribution >= 4 is 29.9 Å². The van der Waals surface area contributed by atoms with Crippen molar-refractivity contribution in [2.75, 3.05) is 27.3 Å². The monoisotopic (exact) mass is 397 g/mol. The van der Waals surface area contributed by atoms with Gasteiger partial charge in [-0.25, -0.2) is 0 Å². The molecule has 1 aliphatic carbocycles. The average molecular weight is 397 g/mol. The molecule has 120 valence electrons. The van der Waals surface area contributed by atoms with Crippen molar-refractivity contribution in [3.05, 3.63) is 0 Å². The van der Waals surface area contributed by atoms with Crippen LogP contribution in [0.1, 0.15) is 51.9 Å². The van der Waals surface area contributed by atoms with Crippen molar-refractivity contribution in [3.8, 4) is 0 Å². The van der Waals surface area contributed by atoms with Crippen LogP contribution >= 0.6 is 24.0 Å². The van der Waals surface area contributed by atoms with Gasteiger partial charge in [-0.05, 0) is 25.7 Å². The lowest BCUT2D eigenvalue weighted by molar-refractivity contribution is 0.179. The molecule has 1 unspecified atom stereocenters. The van der Waals surface area contributed by atoms with Gasteiger partial charge < -0.3 is 15.4 Å². The maximum Gasteiger partial charge on any atom is 0.191 e. The van der Waals surface area contributed by atoms with Gasteiger partial charge in [0.1, 0.15) is 0 Å². The van der Waals surface area contributed by atoms with E-state index in [1.807, 2.05) is 7.05 Å². The maximum atomic E-state index is 5.11. The van der Waals surface area contributed by atoms with Gasteiger partial charge in [0.05, 0.1) is 6.61 Å². The normalized spacial score (nSPS) is 18.2. The number of ether oxygens (including phenoxy) is 1. The van der Waals surface area contributed by atoms with Gasteiger partial charge in [-0.1, -0.05) is 32.1 Å². The number of hydrogen-bond acceptors (Lipinski definition) is 2. The Kier molecular flexibility index (Phi) is 12.7. The predicted molar refractivity (Wildman–Crippen MR) is 97.1 cm³/mol. The SMILES string of the molecule is CN=C(NCCCC1CCCCC1)NC(C)COC.I. The number of methoxy groups -OCH3 is 1. The first-order valence-electron chi connectivity index (χ1n) is 7.72. The van der Waals surface area contributed by atoms with E-state index >= 15 is 0 Å². The van der Waals surface area contributed by atoms with E-state index in [1.54, 1.807) is 7.11 Å². The molecule has 0 radical (unpaired) electrons. The molecule has 1 saturated carbocycles. The Labute approximate surface area is 141 Å². The summed E-state index contributed by atoms with van der Waals surface area (Å²) < 4.78 is 5.11. The molecule has 0 aromatic carbocycles. The Bertz CT molecular complexity index is 256. The molecular formula is C15H32IN3O. The molecule has 1 aliphatic rings. The van der Waals surface area contributed by atoms with E-state index in [0.717, 1.165) is 18.4 Å². The smallest absolute Gasteiger partial charge is 0.191 e. The molecule has 0 heterocycles. The van der Waals surface area contributed by atoms with Crippen LogP contribution < -0.4 is 10.6 Å². The number of rotatable bonds is 7. The number of hydrogen-bond donors (Lipinski definition) is 2. The number of nitrogens with one attached hydrogen (secondary N) is 2. The van der Waals surface area contributed by atoms with E-state index < -0.39 is 0 Å². The molecule has 1 rings (SSSR count). The van der Waals surface area contributed by atoms with Crippen molar-refractivity contribution in [2.24, 2.45) is 10.9 Å². The molecule has 20 heavy (non-hydrogen) atoms. The van der Waals surface area contributed by atoms with Crippen LogP contribution in [0.5, 0.6) is 0 Å². The summed E-state index contributed by atoms with van der Waals surface area (Å²) in [4.78, 5) is 4.23. The zero-order valence-corrected chi connectivity index (χ0v) is 15.6. The molecule has 0 aromatic rings. The largest absolute Gasteiger partial charge is 0.383 e. The van der Waals surface area contributed by atoms with Crippen molar-refractivity contribution in [1.29, 1.82) is 0 Å². The molecule has 4 nitrogen and oxygen atoms in total. The number of aliphatic imine (C=N–C) groups is 1. The first-order valence-corrected chi connectivity index (χ1v) is 7.72. The molecule has 0 aromatic heterocycles. The zero-order valence-electron chi connectivity index (χ0n) is 13.3. The lowest BCUT2D eigenvalue weighted by atomic mass is 9.86. The summed E-state index contributed by atoms with van der Waals surface area (Å²) in [5.74, 6) is 1.85. The Morgan fingerprint density at radius 1 is 1.30 bits per heavy atom. The molecule has 5 heteroatoms. The lowest BCUT2D eigenvalue weighted by Gasteiger charge is -2.22. The summed E-state index contributed by atoms with van der Waals surface area (Å²) in [6, 6.07) is 0.287. The van der Waals surface area contributed by atoms with Crippen molar-refractivity contribution in [1.82, 2.24) is 10.6 Å². The van der Waals surface area contributed by atoms with E-state index in [1.165, 1.54) is 44.9 Å². The highest BCUT2D eigenvalue weighted by atomic mass is 127. The van der Waals surface area contributed by atoms with Gasteiger partial charge in [0, 0.05) is 26.7 Å². The standard InChI is InChI=1S/C15H31N3O.HI/c1-13(12-19-3)18-15(16-2)17-11-7-10-14-8-5-4-6-9-14;/h13-14H,4-12H2,1-3H3,(H2,16,17,18);1H. The van der Waals surface area contributed by atoms with Crippen LogP contribution in [0.15, 0.2) is 4.99 Å². The van der Waals surface area contributed by atoms with E-state index in [4.69, 9.17) is 4.74 Å². The minimum atomic E-state index is 0. The Morgan fingerprint density at radius 3 is 2.60 bits per heavy atom. The second-order valence-electron chi connectivity index (χ2n) is 5.65. The molecule has 0 aliphatic heterocycles. The minimum Gasteiger partial charge on any atom is -0.383 e. The van der Waals surface area contributed by atoms with Crippen LogP contribution in [0.3, 0.4) is 0 Å². The summed E-state index contributed by atoms with van der Waals surface area (Å²) >= 11 is 0. The van der Waals surface area contributed by atoms with Gasteiger partial charge in [0.25, 0.3) is 0 Å². The molecule has 0 saturated heterocycles. The highest BCUT2D eigenvalue weighted by Gasteiger charge is 2.12. The number of halogens is 1. The van der Waals surface area contributed by atoms with Gasteiger partial charge in [-0.3, -0.25) is 4.99 Å². The molecule has 0 amide bonds. The Hall–Kier alpha value is -0.0400. The first-order chi connectivity index (χ1) is 9.26. The fourth-order valence-electron chi connectivity index (χ4n) is 2.79. The van der Waals surface area contributed by atoms with Gasteiger partial charge in [-0.15, -0.1) is 24.0 Å². The zero-order chi connectivity index (χ0) is 13.9. The summed E-state index contributed by atoms with van der Waals surface area (Å²) in [5.41, 5.74) is 0. The average Bonchev–Trinajstić information content (AvgIpc) is 2.43. The summed E-state index contributed by atoms with van der Waals surface area (Å²) in [5, 5.41) is 6.70. The Balaban J connectivity index is 0.00000361. The number of guanidine groups is 1. The van der Waals surface area contributed by atoms with Crippen molar-refractivity contribution in [2.45, 2.75) is 57.9 Å². The molecule has 2 N–H and O–H groups in total. The second-order valence-corrected chi connectivity index (χ2v) is 5.65. The fourth-order valence-corrected chi connectivity index (χ4v) is 2.79. The van der Waals surface area contributed by atoms with E-state index in [9.17, 15) is 0 Å². The predicted octanol–water partition coefficient (Wildman–Crippen LogP) is 3.16. The molecule has 0 spiro atoms. The third-order valence-electron chi connectivity index (χ3n) is 3.83. The van der Waals surface area contributed by atoms with Crippen LogP contribution in [0.4, 0.5) is 0 Å². The topological polar surface area (TPSA) is 45.7 Å². The van der Waals surface area contributed by atoms with Crippen LogP contribution in [-0.2, 0) is 4.74 Å². The van der Waals surface area contributed by atoms with Gasteiger partial charge in [0.2, 0.25) is 0 Å². The van der Waals surface area contributed by atoms with Gasteiger partial charge in [-0.2, -0.15) is 0 Å². The molecule has 1 atom stereocenters. The molecule has 0 bridgehead atoms. The minimum absolute atomic E-state index is 0. The molecule has 1 fully saturated rings.